The molecular formula is C14H20N2O3. The van der Waals surface area contributed by atoms with Crippen molar-refractivity contribution in [3.05, 3.63) is 12.2 Å². The van der Waals surface area contributed by atoms with Crippen molar-refractivity contribution in [1.29, 1.82) is 0 Å². The van der Waals surface area contributed by atoms with Gasteiger partial charge in [-0.3, -0.25) is 19.3 Å². The Kier molecular flexibility index (Phi) is 4.02. The Balaban J connectivity index is 1.80. The van der Waals surface area contributed by atoms with Crippen molar-refractivity contribution in [3.8, 4) is 0 Å². The Morgan fingerprint density at radius 2 is 1.95 bits per heavy atom. The van der Waals surface area contributed by atoms with Crippen LogP contribution in [0.5, 0.6) is 0 Å². The van der Waals surface area contributed by atoms with Gasteiger partial charge in [0.15, 0.2) is 0 Å². The topological polar surface area (TPSA) is 57.7 Å². The van der Waals surface area contributed by atoms with E-state index >= 15 is 0 Å². The monoisotopic (exact) mass is 264 g/mol. The highest BCUT2D eigenvalue weighted by Crippen LogP contribution is 2.24. The molecule has 1 fully saturated rings. The average molecular weight is 264 g/mol. The minimum Gasteiger partial charge on any atom is -0.342 e. The maximum absolute atomic E-state index is 12.0. The van der Waals surface area contributed by atoms with Crippen molar-refractivity contribution in [2.75, 3.05) is 19.6 Å². The summed E-state index contributed by atoms with van der Waals surface area (Å²) < 4.78 is 0. The summed E-state index contributed by atoms with van der Waals surface area (Å²) in [6.07, 6.45) is 3.77. The van der Waals surface area contributed by atoms with Crippen molar-refractivity contribution in [2.45, 2.75) is 26.7 Å². The standard InChI is InChI=1S/C14H20N2O3/c1-10(2)11-5-7-15(9-11)12(17)6-8-16-13(18)3-4-14(16)19/h3-4,10-11H,5-9H2,1-2H3/t11-/m0/s1. The number of nitrogens with zero attached hydrogens (tertiary/aromatic N) is 2. The molecule has 0 aromatic heterocycles. The van der Waals surface area contributed by atoms with E-state index in [9.17, 15) is 14.4 Å². The second-order valence-electron chi connectivity index (χ2n) is 5.54. The zero-order valence-electron chi connectivity index (χ0n) is 11.5. The molecular weight excluding hydrogens is 244 g/mol. The van der Waals surface area contributed by atoms with Crippen LogP contribution in [0.2, 0.25) is 0 Å². The van der Waals surface area contributed by atoms with Gasteiger partial charge in [-0.2, -0.15) is 0 Å². The maximum Gasteiger partial charge on any atom is 0.253 e. The smallest absolute Gasteiger partial charge is 0.253 e. The van der Waals surface area contributed by atoms with Gasteiger partial charge in [0.25, 0.3) is 11.8 Å². The molecule has 0 radical (unpaired) electrons. The van der Waals surface area contributed by atoms with E-state index in [0.29, 0.717) is 11.8 Å². The van der Waals surface area contributed by atoms with Crippen LogP contribution in [0, 0.1) is 11.8 Å². The number of imide groups is 1. The van der Waals surface area contributed by atoms with Gasteiger partial charge in [-0.25, -0.2) is 0 Å². The van der Waals surface area contributed by atoms with Crippen LogP contribution in [-0.4, -0.2) is 47.2 Å². The predicted octanol–water partition coefficient (Wildman–Crippen LogP) is 0.806. The molecule has 0 spiro atoms. The molecule has 5 nitrogen and oxygen atoms in total. The normalized spacial score (nSPS) is 23.0. The van der Waals surface area contributed by atoms with Crippen molar-refractivity contribution < 1.29 is 14.4 Å². The number of hydrogen-bond acceptors (Lipinski definition) is 3. The SMILES string of the molecule is CC(C)[C@H]1CCN(C(=O)CCN2C(=O)C=CC2=O)C1. The molecule has 1 saturated heterocycles. The molecule has 5 heteroatoms. The van der Waals surface area contributed by atoms with Gasteiger partial charge < -0.3 is 4.90 Å². The molecule has 0 N–H and O–H groups in total. The van der Waals surface area contributed by atoms with Crippen LogP contribution >= 0.6 is 0 Å². The van der Waals surface area contributed by atoms with Crippen LogP contribution in [-0.2, 0) is 14.4 Å². The molecule has 2 heterocycles. The first kappa shape index (κ1) is 13.8. The Hall–Kier alpha value is -1.65. The van der Waals surface area contributed by atoms with E-state index in [1.807, 2.05) is 4.90 Å². The van der Waals surface area contributed by atoms with Gasteiger partial charge in [-0.15, -0.1) is 0 Å². The van der Waals surface area contributed by atoms with E-state index in [1.165, 1.54) is 12.2 Å². The molecule has 3 amide bonds. The molecule has 2 rings (SSSR count). The lowest BCUT2D eigenvalue weighted by molar-refractivity contribution is -0.138. The minimum absolute atomic E-state index is 0.0376. The van der Waals surface area contributed by atoms with Crippen LogP contribution in [0.3, 0.4) is 0 Å². The molecule has 0 saturated carbocycles. The fourth-order valence-corrected chi connectivity index (χ4v) is 2.58. The van der Waals surface area contributed by atoms with Crippen molar-refractivity contribution in [3.63, 3.8) is 0 Å². The summed E-state index contributed by atoms with van der Waals surface area (Å²) in [5, 5.41) is 0. The third-order valence-corrected chi connectivity index (χ3v) is 3.97. The van der Waals surface area contributed by atoms with E-state index < -0.39 is 0 Å². The zero-order chi connectivity index (χ0) is 14.0. The van der Waals surface area contributed by atoms with Gasteiger partial charge in [0.2, 0.25) is 5.91 Å². The minimum atomic E-state index is -0.320. The highest BCUT2D eigenvalue weighted by Gasteiger charge is 2.29. The zero-order valence-corrected chi connectivity index (χ0v) is 11.5. The van der Waals surface area contributed by atoms with Crippen molar-refractivity contribution >= 4 is 17.7 Å². The van der Waals surface area contributed by atoms with Gasteiger partial charge in [-0.05, 0) is 18.3 Å². The van der Waals surface area contributed by atoms with Gasteiger partial charge in [0.05, 0.1) is 0 Å². The molecule has 104 valence electrons. The molecule has 1 atom stereocenters. The van der Waals surface area contributed by atoms with Crippen LogP contribution in [0.25, 0.3) is 0 Å². The van der Waals surface area contributed by atoms with Gasteiger partial charge in [0.1, 0.15) is 0 Å². The van der Waals surface area contributed by atoms with Crippen molar-refractivity contribution in [1.82, 2.24) is 9.80 Å². The lowest BCUT2D eigenvalue weighted by Gasteiger charge is -2.20. The number of likely N-dealkylation sites (tertiary alicyclic amines) is 1. The Labute approximate surface area is 113 Å². The van der Waals surface area contributed by atoms with Crippen LogP contribution < -0.4 is 0 Å². The third kappa shape index (κ3) is 3.03. The molecule has 0 aromatic rings. The molecule has 2 aliphatic heterocycles. The molecule has 0 bridgehead atoms. The molecule has 0 unspecified atom stereocenters. The number of amides is 3. The van der Waals surface area contributed by atoms with Gasteiger partial charge >= 0.3 is 0 Å². The fourth-order valence-electron chi connectivity index (χ4n) is 2.58. The first-order valence-electron chi connectivity index (χ1n) is 6.80. The van der Waals surface area contributed by atoms with E-state index in [0.717, 1.165) is 24.4 Å². The largest absolute Gasteiger partial charge is 0.342 e. The van der Waals surface area contributed by atoms with Crippen LogP contribution in [0.4, 0.5) is 0 Å². The Morgan fingerprint density at radius 3 is 2.47 bits per heavy atom. The summed E-state index contributed by atoms with van der Waals surface area (Å²) in [4.78, 5) is 37.7. The maximum atomic E-state index is 12.0. The number of hydrogen-bond donors (Lipinski definition) is 0. The lowest BCUT2D eigenvalue weighted by atomic mass is 9.95. The predicted molar refractivity (Wildman–Crippen MR) is 70.0 cm³/mol. The van der Waals surface area contributed by atoms with Gasteiger partial charge in [0, 0.05) is 38.2 Å². The average Bonchev–Trinajstić information content (AvgIpc) is 2.95. The molecule has 2 aliphatic rings. The fraction of sp³-hybridized carbons (Fsp3) is 0.643. The van der Waals surface area contributed by atoms with Crippen molar-refractivity contribution in [2.24, 2.45) is 11.8 Å². The summed E-state index contributed by atoms with van der Waals surface area (Å²) >= 11 is 0. The van der Waals surface area contributed by atoms with E-state index in [2.05, 4.69) is 13.8 Å². The number of carbonyl (C=O) groups excluding carboxylic acids is 3. The summed E-state index contributed by atoms with van der Waals surface area (Å²) in [6.45, 7) is 6.13. The third-order valence-electron chi connectivity index (χ3n) is 3.97. The summed E-state index contributed by atoms with van der Waals surface area (Å²) in [5.74, 6) is 0.554. The van der Waals surface area contributed by atoms with Gasteiger partial charge in [-0.1, -0.05) is 13.8 Å². The van der Waals surface area contributed by atoms with E-state index in [-0.39, 0.29) is 30.7 Å². The highest BCUT2D eigenvalue weighted by atomic mass is 16.2. The second kappa shape index (κ2) is 5.55. The molecule has 0 aromatic carbocycles. The van der Waals surface area contributed by atoms with Crippen LogP contribution in [0.15, 0.2) is 12.2 Å². The first-order valence-corrected chi connectivity index (χ1v) is 6.80. The lowest BCUT2D eigenvalue weighted by Crippen LogP contribution is -2.36. The number of rotatable bonds is 4. The number of carbonyl (C=O) groups is 3. The Bertz CT molecular complexity index is 410. The van der Waals surface area contributed by atoms with E-state index in [4.69, 9.17) is 0 Å². The van der Waals surface area contributed by atoms with Crippen LogP contribution in [0.1, 0.15) is 26.7 Å². The van der Waals surface area contributed by atoms with E-state index in [1.54, 1.807) is 0 Å². The molecule has 19 heavy (non-hydrogen) atoms. The first-order chi connectivity index (χ1) is 8.99. The Morgan fingerprint density at radius 1 is 1.32 bits per heavy atom. The molecule has 0 aliphatic carbocycles. The summed E-state index contributed by atoms with van der Waals surface area (Å²) in [5.41, 5.74) is 0. The quantitative estimate of drug-likeness (QED) is 0.706. The second-order valence-corrected chi connectivity index (χ2v) is 5.54. The summed E-state index contributed by atoms with van der Waals surface area (Å²) in [6, 6.07) is 0. The summed E-state index contributed by atoms with van der Waals surface area (Å²) in [7, 11) is 0. The highest BCUT2D eigenvalue weighted by molar-refractivity contribution is 6.13.